The van der Waals surface area contributed by atoms with Gasteiger partial charge < -0.3 is 0 Å². The molecule has 1 saturated heterocycles. The molecule has 2 saturated carbocycles. The van der Waals surface area contributed by atoms with Crippen LogP contribution in [0.4, 0.5) is 0 Å². The molecule has 1 aliphatic heterocycles. The van der Waals surface area contributed by atoms with Crippen molar-refractivity contribution in [1.82, 2.24) is 4.90 Å². The number of hydrogen-bond acceptors (Lipinski definition) is 2. The van der Waals surface area contributed by atoms with Crippen LogP contribution < -0.4 is 0 Å². The van der Waals surface area contributed by atoms with Crippen LogP contribution >= 0.6 is 0 Å². The van der Waals surface area contributed by atoms with Crippen molar-refractivity contribution >= 4 is 0 Å². The molecule has 0 radical (unpaired) electrons. The van der Waals surface area contributed by atoms with Crippen molar-refractivity contribution in [2.45, 2.75) is 63.3 Å². The van der Waals surface area contributed by atoms with Gasteiger partial charge in [-0.15, -0.1) is 0 Å². The Balaban J connectivity index is 1.73. The molecule has 0 aromatic heterocycles. The first-order valence-corrected chi connectivity index (χ1v) is 7.50. The minimum atomic E-state index is -0.0775. The first kappa shape index (κ1) is 11.5. The molecule has 3 fully saturated rings. The summed E-state index contributed by atoms with van der Waals surface area (Å²) in [6.45, 7) is 2.34. The maximum Gasteiger partial charge on any atom is 0.109 e. The number of rotatable bonds is 2. The van der Waals surface area contributed by atoms with Gasteiger partial charge in [-0.05, 0) is 69.9 Å². The zero-order valence-corrected chi connectivity index (χ0v) is 10.8. The zero-order chi connectivity index (χ0) is 11.7. The van der Waals surface area contributed by atoms with Crippen LogP contribution in [0.3, 0.4) is 0 Å². The Morgan fingerprint density at radius 2 is 1.71 bits per heavy atom. The third-order valence-electron chi connectivity index (χ3n) is 5.22. The van der Waals surface area contributed by atoms with Crippen LogP contribution in [0.5, 0.6) is 0 Å². The van der Waals surface area contributed by atoms with Crippen molar-refractivity contribution in [2.75, 3.05) is 13.1 Å². The van der Waals surface area contributed by atoms with Crippen molar-refractivity contribution in [1.29, 1.82) is 5.26 Å². The minimum absolute atomic E-state index is 0.0775. The van der Waals surface area contributed by atoms with E-state index in [-0.39, 0.29) is 5.54 Å². The average Bonchev–Trinajstić information content (AvgIpc) is 3.24. The van der Waals surface area contributed by atoms with Gasteiger partial charge in [0.25, 0.3) is 0 Å². The lowest BCUT2D eigenvalue weighted by Crippen LogP contribution is -2.52. The van der Waals surface area contributed by atoms with Crippen LogP contribution in [0, 0.1) is 23.2 Å². The highest BCUT2D eigenvalue weighted by Crippen LogP contribution is 2.48. The summed E-state index contributed by atoms with van der Waals surface area (Å²) in [7, 11) is 0. The summed E-state index contributed by atoms with van der Waals surface area (Å²) in [6, 6.07) is 2.73. The van der Waals surface area contributed by atoms with Gasteiger partial charge >= 0.3 is 0 Å². The number of piperidine rings is 1. The summed E-state index contributed by atoms with van der Waals surface area (Å²) in [5.74, 6) is 1.85. The third kappa shape index (κ3) is 2.22. The molecule has 2 nitrogen and oxygen atoms in total. The first-order chi connectivity index (χ1) is 8.34. The van der Waals surface area contributed by atoms with Gasteiger partial charge in [0.15, 0.2) is 0 Å². The monoisotopic (exact) mass is 232 g/mol. The largest absolute Gasteiger partial charge is 0.286 e. The summed E-state index contributed by atoms with van der Waals surface area (Å²) < 4.78 is 0. The maximum atomic E-state index is 9.72. The van der Waals surface area contributed by atoms with Crippen LogP contribution in [0.15, 0.2) is 0 Å². The summed E-state index contributed by atoms with van der Waals surface area (Å²) in [5, 5.41) is 9.72. The molecule has 0 aromatic rings. The van der Waals surface area contributed by atoms with E-state index in [2.05, 4.69) is 11.0 Å². The Kier molecular flexibility index (Phi) is 3.13. The summed E-state index contributed by atoms with van der Waals surface area (Å²) in [5.41, 5.74) is -0.0775. The Bertz CT molecular complexity index is 309. The van der Waals surface area contributed by atoms with Crippen molar-refractivity contribution in [3.63, 3.8) is 0 Å². The second-order valence-electron chi connectivity index (χ2n) is 6.38. The van der Waals surface area contributed by atoms with Crippen molar-refractivity contribution < 1.29 is 0 Å². The predicted molar refractivity (Wildman–Crippen MR) is 68.5 cm³/mol. The standard InChI is InChI=1S/C15H24N2/c16-12-15(17-9-2-1-3-10-17)8-4-5-14(11-15)13-6-7-13/h13-14H,1-11H2. The lowest BCUT2D eigenvalue weighted by atomic mass is 9.73. The van der Waals surface area contributed by atoms with Gasteiger partial charge in [-0.3, -0.25) is 4.90 Å². The molecule has 94 valence electrons. The van der Waals surface area contributed by atoms with Gasteiger partial charge in [0.1, 0.15) is 5.54 Å². The second kappa shape index (κ2) is 4.61. The Morgan fingerprint density at radius 1 is 0.941 bits per heavy atom. The van der Waals surface area contributed by atoms with Crippen molar-refractivity contribution in [3.05, 3.63) is 0 Å². The second-order valence-corrected chi connectivity index (χ2v) is 6.38. The van der Waals surface area contributed by atoms with Gasteiger partial charge in [-0.1, -0.05) is 12.8 Å². The van der Waals surface area contributed by atoms with Gasteiger partial charge in [0.2, 0.25) is 0 Å². The smallest absolute Gasteiger partial charge is 0.109 e. The molecule has 0 aromatic carbocycles. The zero-order valence-electron chi connectivity index (χ0n) is 10.8. The van der Waals surface area contributed by atoms with E-state index in [0.29, 0.717) is 0 Å². The molecule has 0 N–H and O–H groups in total. The fourth-order valence-corrected chi connectivity index (χ4v) is 4.05. The van der Waals surface area contributed by atoms with E-state index in [0.717, 1.165) is 18.3 Å². The molecule has 2 atom stereocenters. The summed E-state index contributed by atoms with van der Waals surface area (Å²) in [6.07, 6.45) is 11.8. The van der Waals surface area contributed by atoms with Crippen molar-refractivity contribution in [2.24, 2.45) is 11.8 Å². The van der Waals surface area contributed by atoms with E-state index < -0.39 is 0 Å². The van der Waals surface area contributed by atoms with Crippen LogP contribution in [0.2, 0.25) is 0 Å². The topological polar surface area (TPSA) is 27.0 Å². The number of nitrogens with zero attached hydrogens (tertiary/aromatic N) is 2. The van der Waals surface area contributed by atoms with E-state index >= 15 is 0 Å². The number of hydrogen-bond donors (Lipinski definition) is 0. The molecule has 1 heterocycles. The SMILES string of the molecule is N#CC1(N2CCCCC2)CCCC(C2CC2)C1. The lowest BCUT2D eigenvalue weighted by Gasteiger charge is -2.45. The Hall–Kier alpha value is -0.550. The molecule has 2 aliphatic carbocycles. The third-order valence-corrected chi connectivity index (χ3v) is 5.22. The highest BCUT2D eigenvalue weighted by molar-refractivity contribution is 5.12. The highest BCUT2D eigenvalue weighted by atomic mass is 15.2. The normalized spacial score (nSPS) is 39.8. The minimum Gasteiger partial charge on any atom is -0.286 e. The van der Waals surface area contributed by atoms with Crippen LogP contribution in [-0.2, 0) is 0 Å². The summed E-state index contributed by atoms with van der Waals surface area (Å²) >= 11 is 0. The van der Waals surface area contributed by atoms with Crippen LogP contribution in [0.25, 0.3) is 0 Å². The molecule has 3 rings (SSSR count). The Morgan fingerprint density at radius 3 is 2.35 bits per heavy atom. The molecule has 0 bridgehead atoms. The average molecular weight is 232 g/mol. The molecule has 0 amide bonds. The van der Waals surface area contributed by atoms with Gasteiger partial charge in [-0.25, -0.2) is 0 Å². The van der Waals surface area contributed by atoms with Crippen molar-refractivity contribution in [3.8, 4) is 6.07 Å². The van der Waals surface area contributed by atoms with Gasteiger partial charge in [0.05, 0.1) is 6.07 Å². The molecular formula is C15H24N2. The lowest BCUT2D eigenvalue weighted by molar-refractivity contribution is 0.0524. The molecule has 3 aliphatic rings. The van der Waals surface area contributed by atoms with E-state index in [1.807, 2.05) is 0 Å². The predicted octanol–water partition coefficient (Wildman–Crippen LogP) is 3.33. The molecule has 17 heavy (non-hydrogen) atoms. The quantitative estimate of drug-likeness (QED) is 0.730. The van der Waals surface area contributed by atoms with Crippen LogP contribution in [-0.4, -0.2) is 23.5 Å². The van der Waals surface area contributed by atoms with Crippen LogP contribution in [0.1, 0.15) is 57.8 Å². The summed E-state index contributed by atoms with van der Waals surface area (Å²) in [4.78, 5) is 2.53. The van der Waals surface area contributed by atoms with Gasteiger partial charge in [-0.2, -0.15) is 5.26 Å². The number of likely N-dealkylation sites (tertiary alicyclic amines) is 1. The van der Waals surface area contributed by atoms with E-state index in [1.165, 1.54) is 64.5 Å². The maximum absolute atomic E-state index is 9.72. The fourth-order valence-electron chi connectivity index (χ4n) is 4.05. The number of nitriles is 1. The molecule has 2 unspecified atom stereocenters. The highest BCUT2D eigenvalue weighted by Gasteiger charge is 2.45. The van der Waals surface area contributed by atoms with E-state index in [1.54, 1.807) is 0 Å². The first-order valence-electron chi connectivity index (χ1n) is 7.50. The Labute approximate surface area is 105 Å². The van der Waals surface area contributed by atoms with E-state index in [4.69, 9.17) is 0 Å². The molecule has 2 heteroatoms. The van der Waals surface area contributed by atoms with Gasteiger partial charge in [0, 0.05) is 0 Å². The van der Waals surface area contributed by atoms with E-state index in [9.17, 15) is 5.26 Å². The fraction of sp³-hybridized carbons (Fsp3) is 0.933. The molecule has 0 spiro atoms. The molecular weight excluding hydrogens is 208 g/mol.